The van der Waals surface area contributed by atoms with Gasteiger partial charge in [-0.3, -0.25) is 0 Å². The van der Waals surface area contributed by atoms with Gasteiger partial charge in [-0.25, -0.2) is 0 Å². The molecule has 1 nitrogen and oxygen atoms in total. The SMILES string of the molecule is c1ccc(-c2cccc(N(c3ccc(-c4ccc5c6ccccc6c6ccccc6c5c4)cc3)c3cccc(-c4ccc5ccccc5c4)c3)c2)cc1. The van der Waals surface area contributed by atoms with Gasteiger partial charge >= 0.3 is 0 Å². The molecule has 248 valence electrons. The summed E-state index contributed by atoms with van der Waals surface area (Å²) in [6.07, 6.45) is 0. The van der Waals surface area contributed by atoms with Crippen molar-refractivity contribution in [3.05, 3.63) is 212 Å². The fourth-order valence-corrected chi connectivity index (χ4v) is 7.99. The zero-order chi connectivity index (χ0) is 35.1. The number of hydrogen-bond donors (Lipinski definition) is 0. The highest BCUT2D eigenvalue weighted by atomic mass is 15.1. The summed E-state index contributed by atoms with van der Waals surface area (Å²) in [6.45, 7) is 0. The molecule has 0 atom stereocenters. The smallest absolute Gasteiger partial charge is 0.0467 e. The van der Waals surface area contributed by atoms with E-state index in [1.807, 2.05) is 0 Å². The summed E-state index contributed by atoms with van der Waals surface area (Å²) in [5, 5.41) is 10.2. The van der Waals surface area contributed by atoms with E-state index in [0.29, 0.717) is 0 Å². The minimum absolute atomic E-state index is 1.10. The van der Waals surface area contributed by atoms with Crippen LogP contribution in [0.4, 0.5) is 17.1 Å². The van der Waals surface area contributed by atoms with Crippen LogP contribution in [0.25, 0.3) is 76.5 Å². The highest BCUT2D eigenvalue weighted by molar-refractivity contribution is 6.25. The molecule has 10 aromatic carbocycles. The molecule has 0 N–H and O–H groups in total. The first-order valence-corrected chi connectivity index (χ1v) is 18.3. The Morgan fingerprint density at radius 3 is 1.30 bits per heavy atom. The zero-order valence-corrected chi connectivity index (χ0v) is 29.2. The molecule has 0 bridgehead atoms. The topological polar surface area (TPSA) is 3.24 Å². The summed E-state index contributed by atoms with van der Waals surface area (Å²) in [5.41, 5.74) is 10.5. The lowest BCUT2D eigenvalue weighted by molar-refractivity contribution is 1.28. The normalized spacial score (nSPS) is 11.4. The van der Waals surface area contributed by atoms with Crippen molar-refractivity contribution in [3.8, 4) is 33.4 Å². The summed E-state index contributed by atoms with van der Waals surface area (Å²) in [4.78, 5) is 2.38. The van der Waals surface area contributed by atoms with E-state index < -0.39 is 0 Å². The van der Waals surface area contributed by atoms with Crippen LogP contribution in [-0.2, 0) is 0 Å². The van der Waals surface area contributed by atoms with Gasteiger partial charge in [-0.05, 0) is 125 Å². The highest BCUT2D eigenvalue weighted by Crippen LogP contribution is 2.41. The first-order chi connectivity index (χ1) is 26.3. The maximum absolute atomic E-state index is 2.38. The van der Waals surface area contributed by atoms with Crippen molar-refractivity contribution < 1.29 is 0 Å². The number of benzene rings is 10. The minimum atomic E-state index is 1.10. The maximum Gasteiger partial charge on any atom is 0.0467 e. The number of anilines is 3. The predicted octanol–water partition coefficient (Wildman–Crippen LogP) is 14.8. The first-order valence-electron chi connectivity index (χ1n) is 18.3. The summed E-state index contributed by atoms with van der Waals surface area (Å²) in [7, 11) is 0. The average molecular weight is 674 g/mol. The van der Waals surface area contributed by atoms with Gasteiger partial charge in [-0.2, -0.15) is 0 Å². The minimum Gasteiger partial charge on any atom is -0.310 e. The van der Waals surface area contributed by atoms with E-state index in [1.165, 1.54) is 76.5 Å². The van der Waals surface area contributed by atoms with Crippen molar-refractivity contribution in [1.29, 1.82) is 0 Å². The standard InChI is InChI=1S/C52H35N/c1-2-12-36(13-3-1)40-16-10-18-45(33-40)53(46-19-11-17-41(34-46)42-25-24-37-14-4-5-15-39(37)32-42)44-29-26-38(27-30-44)43-28-31-51-49-22-7-6-20-47(49)48-21-8-9-23-50(48)52(51)35-43/h1-35H. The van der Waals surface area contributed by atoms with E-state index in [4.69, 9.17) is 0 Å². The van der Waals surface area contributed by atoms with Crippen molar-refractivity contribution in [1.82, 2.24) is 0 Å². The second kappa shape index (κ2) is 13.0. The number of hydrogen-bond acceptors (Lipinski definition) is 1. The molecular formula is C52H35N. The lowest BCUT2D eigenvalue weighted by Gasteiger charge is -2.27. The maximum atomic E-state index is 2.38. The Hall–Kier alpha value is -6.96. The lowest BCUT2D eigenvalue weighted by Crippen LogP contribution is -2.10. The highest BCUT2D eigenvalue weighted by Gasteiger charge is 2.16. The summed E-state index contributed by atoms with van der Waals surface area (Å²) >= 11 is 0. The molecule has 0 aromatic heterocycles. The van der Waals surface area contributed by atoms with E-state index >= 15 is 0 Å². The van der Waals surface area contributed by atoms with E-state index in [2.05, 4.69) is 217 Å². The van der Waals surface area contributed by atoms with Crippen molar-refractivity contribution in [3.63, 3.8) is 0 Å². The van der Waals surface area contributed by atoms with Crippen molar-refractivity contribution in [2.45, 2.75) is 0 Å². The monoisotopic (exact) mass is 673 g/mol. The summed E-state index contributed by atoms with van der Waals surface area (Å²) in [6, 6.07) is 77.2. The second-order valence-corrected chi connectivity index (χ2v) is 13.8. The third-order valence-electron chi connectivity index (χ3n) is 10.6. The molecule has 0 fully saturated rings. The molecule has 0 aliphatic carbocycles. The molecule has 0 heterocycles. The van der Waals surface area contributed by atoms with Crippen LogP contribution in [0, 0.1) is 0 Å². The lowest BCUT2D eigenvalue weighted by atomic mass is 9.92. The van der Waals surface area contributed by atoms with Crippen LogP contribution in [0.1, 0.15) is 0 Å². The van der Waals surface area contributed by atoms with Gasteiger partial charge in [-0.15, -0.1) is 0 Å². The van der Waals surface area contributed by atoms with Gasteiger partial charge in [0.25, 0.3) is 0 Å². The molecule has 0 saturated carbocycles. The van der Waals surface area contributed by atoms with Crippen LogP contribution >= 0.6 is 0 Å². The molecule has 53 heavy (non-hydrogen) atoms. The van der Waals surface area contributed by atoms with Crippen LogP contribution in [-0.4, -0.2) is 0 Å². The van der Waals surface area contributed by atoms with Gasteiger partial charge in [0.1, 0.15) is 0 Å². The van der Waals surface area contributed by atoms with E-state index in [0.717, 1.165) is 17.1 Å². The van der Waals surface area contributed by atoms with Crippen LogP contribution in [0.3, 0.4) is 0 Å². The molecule has 0 aliphatic heterocycles. The first kappa shape index (κ1) is 30.8. The molecule has 10 aromatic rings. The molecule has 0 spiro atoms. The van der Waals surface area contributed by atoms with Gasteiger partial charge in [0.05, 0.1) is 0 Å². The summed E-state index contributed by atoms with van der Waals surface area (Å²) in [5.74, 6) is 0. The number of rotatable bonds is 6. The fourth-order valence-electron chi connectivity index (χ4n) is 7.99. The molecule has 1 heteroatoms. The Labute approximate surface area is 309 Å². The van der Waals surface area contributed by atoms with Crippen LogP contribution in [0.2, 0.25) is 0 Å². The Bertz CT molecular complexity index is 2910. The molecule has 10 rings (SSSR count). The number of fused-ring (bicyclic) bond motifs is 7. The van der Waals surface area contributed by atoms with Gasteiger partial charge < -0.3 is 4.90 Å². The summed E-state index contributed by atoms with van der Waals surface area (Å²) < 4.78 is 0. The molecule has 0 aliphatic rings. The van der Waals surface area contributed by atoms with Gasteiger partial charge in [0.15, 0.2) is 0 Å². The van der Waals surface area contributed by atoms with Crippen LogP contribution in [0.15, 0.2) is 212 Å². The van der Waals surface area contributed by atoms with Crippen molar-refractivity contribution in [2.24, 2.45) is 0 Å². The second-order valence-electron chi connectivity index (χ2n) is 13.8. The van der Waals surface area contributed by atoms with E-state index in [-0.39, 0.29) is 0 Å². The number of nitrogens with zero attached hydrogens (tertiary/aromatic N) is 1. The molecule has 0 radical (unpaired) electrons. The van der Waals surface area contributed by atoms with Gasteiger partial charge in [0, 0.05) is 17.1 Å². The van der Waals surface area contributed by atoms with E-state index in [9.17, 15) is 0 Å². The molecular weight excluding hydrogens is 639 g/mol. The average Bonchev–Trinajstić information content (AvgIpc) is 3.24. The Morgan fingerprint density at radius 1 is 0.208 bits per heavy atom. The molecule has 0 amide bonds. The van der Waals surface area contributed by atoms with E-state index in [1.54, 1.807) is 0 Å². The van der Waals surface area contributed by atoms with Crippen molar-refractivity contribution >= 4 is 60.2 Å². The Kier molecular flexibility index (Phi) is 7.55. The van der Waals surface area contributed by atoms with Gasteiger partial charge in [-0.1, -0.05) is 164 Å². The van der Waals surface area contributed by atoms with Crippen molar-refractivity contribution in [2.75, 3.05) is 4.90 Å². The zero-order valence-electron chi connectivity index (χ0n) is 29.2. The van der Waals surface area contributed by atoms with Crippen LogP contribution < -0.4 is 4.90 Å². The Balaban J connectivity index is 1.09. The third-order valence-corrected chi connectivity index (χ3v) is 10.6. The molecule has 0 unspecified atom stereocenters. The molecule has 0 saturated heterocycles. The quantitative estimate of drug-likeness (QED) is 0.159. The Morgan fingerprint density at radius 2 is 0.642 bits per heavy atom. The predicted molar refractivity (Wildman–Crippen MR) is 227 cm³/mol. The largest absolute Gasteiger partial charge is 0.310 e. The van der Waals surface area contributed by atoms with Crippen LogP contribution in [0.5, 0.6) is 0 Å². The van der Waals surface area contributed by atoms with Gasteiger partial charge in [0.2, 0.25) is 0 Å². The fraction of sp³-hybridized carbons (Fsp3) is 0. The third kappa shape index (κ3) is 5.60.